The molecule has 6 nitrogen and oxygen atoms in total. The molecule has 0 saturated carbocycles. The van der Waals surface area contributed by atoms with Gasteiger partial charge in [0.2, 0.25) is 0 Å². The van der Waals surface area contributed by atoms with Gasteiger partial charge in [-0.3, -0.25) is 0 Å². The summed E-state index contributed by atoms with van der Waals surface area (Å²) in [5.41, 5.74) is -0.667. The quantitative estimate of drug-likeness (QED) is 0.429. The van der Waals surface area contributed by atoms with Crippen molar-refractivity contribution in [3.8, 4) is 5.75 Å². The lowest BCUT2D eigenvalue weighted by Crippen LogP contribution is -2.32. The van der Waals surface area contributed by atoms with Gasteiger partial charge in [-0.15, -0.1) is 0 Å². The number of rotatable bonds is 9. The molecular weight excluding hydrogens is 420 g/mol. The average molecular weight is 448 g/mol. The van der Waals surface area contributed by atoms with Gasteiger partial charge in [-0.05, 0) is 50.3 Å². The van der Waals surface area contributed by atoms with Crippen molar-refractivity contribution < 1.29 is 24.4 Å². The van der Waals surface area contributed by atoms with Crippen LogP contribution in [0.1, 0.15) is 27.2 Å². The predicted molar refractivity (Wildman–Crippen MR) is 111 cm³/mol. The van der Waals surface area contributed by atoms with Crippen molar-refractivity contribution in [1.82, 2.24) is 5.09 Å². The second-order valence-corrected chi connectivity index (χ2v) is 10.0. The number of nitrogens with one attached hydrogen (secondary N) is 1. The van der Waals surface area contributed by atoms with E-state index in [-0.39, 0.29) is 25.9 Å². The first-order valence-corrected chi connectivity index (χ1v) is 11.4. The lowest BCUT2D eigenvalue weighted by Gasteiger charge is -2.24. The molecule has 1 aromatic carbocycles. The van der Waals surface area contributed by atoms with Crippen LogP contribution in [-0.4, -0.2) is 48.3 Å². The Kier molecular flexibility index (Phi) is 12.5. The SMILES string of the molecule is CCC(CO)(CO)CO.COP(=S)(NC(C)C)Oc1ccc(Cl)cc1Cl. The van der Waals surface area contributed by atoms with E-state index in [2.05, 4.69) is 5.09 Å². The standard InChI is InChI=1S/C10H14Cl2NO2PS.C6H14O3/c1-7(2)13-16(17,14-3)15-10-5-4-8(11)6-9(10)12;1-2-6(3-7,4-8)5-9/h4-7H,1-3H3,(H,13,17);7-9H,2-5H2,1H3. The van der Waals surface area contributed by atoms with E-state index in [0.717, 1.165) is 0 Å². The maximum absolute atomic E-state index is 8.66. The molecule has 0 saturated heterocycles. The molecule has 4 N–H and O–H groups in total. The van der Waals surface area contributed by atoms with E-state index in [1.807, 2.05) is 20.8 Å². The zero-order valence-corrected chi connectivity index (χ0v) is 18.6. The first-order chi connectivity index (χ1) is 12.1. The van der Waals surface area contributed by atoms with E-state index in [4.69, 9.17) is 59.4 Å². The summed E-state index contributed by atoms with van der Waals surface area (Å²) < 4.78 is 10.9. The average Bonchev–Trinajstić information content (AvgIpc) is 2.60. The third-order valence-corrected chi connectivity index (χ3v) is 6.79. The second kappa shape index (κ2) is 12.5. The third kappa shape index (κ3) is 8.83. The Labute approximate surface area is 170 Å². The molecule has 26 heavy (non-hydrogen) atoms. The molecule has 0 amide bonds. The number of hydrogen-bond acceptors (Lipinski definition) is 6. The van der Waals surface area contributed by atoms with E-state index >= 15 is 0 Å². The molecule has 0 bridgehead atoms. The lowest BCUT2D eigenvalue weighted by atomic mass is 9.88. The Balaban J connectivity index is 0.000000590. The molecule has 10 heteroatoms. The first-order valence-electron chi connectivity index (χ1n) is 8.01. The van der Waals surface area contributed by atoms with Crippen LogP contribution in [-0.2, 0) is 16.3 Å². The molecule has 0 radical (unpaired) electrons. The highest BCUT2D eigenvalue weighted by atomic mass is 35.5. The van der Waals surface area contributed by atoms with Gasteiger partial charge >= 0.3 is 6.64 Å². The van der Waals surface area contributed by atoms with Crippen molar-refractivity contribution >= 4 is 41.7 Å². The summed E-state index contributed by atoms with van der Waals surface area (Å²) >= 11 is 17.1. The number of aliphatic hydroxyl groups is 3. The molecule has 0 aromatic heterocycles. The molecule has 1 unspecified atom stereocenters. The highest BCUT2D eigenvalue weighted by Crippen LogP contribution is 2.46. The molecule has 0 aliphatic carbocycles. The van der Waals surface area contributed by atoms with E-state index in [0.29, 0.717) is 22.2 Å². The van der Waals surface area contributed by atoms with E-state index in [1.54, 1.807) is 18.2 Å². The topological polar surface area (TPSA) is 91.2 Å². The molecule has 1 atom stereocenters. The molecule has 1 rings (SSSR count). The molecule has 0 aliphatic heterocycles. The van der Waals surface area contributed by atoms with Crippen LogP contribution in [0.2, 0.25) is 10.0 Å². The summed E-state index contributed by atoms with van der Waals surface area (Å²) in [4.78, 5) is 0. The normalized spacial score (nSPS) is 13.8. The second-order valence-electron chi connectivity index (χ2n) is 5.96. The number of hydrogen-bond donors (Lipinski definition) is 4. The lowest BCUT2D eigenvalue weighted by molar-refractivity contribution is 0.00304. The molecule has 0 heterocycles. The van der Waals surface area contributed by atoms with Crippen LogP contribution in [0.5, 0.6) is 5.75 Å². The van der Waals surface area contributed by atoms with Crippen molar-refractivity contribution in [2.45, 2.75) is 33.2 Å². The van der Waals surface area contributed by atoms with Crippen LogP contribution in [0.4, 0.5) is 0 Å². The van der Waals surface area contributed by atoms with Gasteiger partial charge in [0.25, 0.3) is 0 Å². The van der Waals surface area contributed by atoms with Gasteiger partial charge < -0.3 is 24.4 Å². The molecular formula is C16H28Cl2NO5PS. The molecule has 1 aromatic rings. The predicted octanol–water partition coefficient (Wildman–Crippen LogP) is 3.60. The van der Waals surface area contributed by atoms with Crippen molar-refractivity contribution in [3.05, 3.63) is 28.2 Å². The highest BCUT2D eigenvalue weighted by molar-refractivity contribution is 8.09. The third-order valence-electron chi connectivity index (χ3n) is 3.53. The summed E-state index contributed by atoms with van der Waals surface area (Å²) in [7, 11) is 1.51. The van der Waals surface area contributed by atoms with Crippen LogP contribution in [0.3, 0.4) is 0 Å². The maximum Gasteiger partial charge on any atom is 0.312 e. The van der Waals surface area contributed by atoms with Crippen molar-refractivity contribution in [1.29, 1.82) is 0 Å². The number of halogens is 2. The van der Waals surface area contributed by atoms with Crippen molar-refractivity contribution in [2.75, 3.05) is 26.9 Å². The minimum Gasteiger partial charge on any atom is -0.431 e. The Morgan fingerprint density at radius 1 is 1.19 bits per heavy atom. The minimum atomic E-state index is -2.56. The fourth-order valence-corrected chi connectivity index (χ4v) is 4.25. The zero-order valence-electron chi connectivity index (χ0n) is 15.4. The fourth-order valence-electron chi connectivity index (χ4n) is 1.60. The Morgan fingerprint density at radius 3 is 2.04 bits per heavy atom. The van der Waals surface area contributed by atoms with Gasteiger partial charge in [0.1, 0.15) is 5.75 Å². The van der Waals surface area contributed by atoms with Crippen LogP contribution in [0.25, 0.3) is 0 Å². The van der Waals surface area contributed by atoms with Crippen LogP contribution in [0.15, 0.2) is 18.2 Å². The monoisotopic (exact) mass is 447 g/mol. The van der Waals surface area contributed by atoms with E-state index in [9.17, 15) is 0 Å². The Hall–Kier alpha value is 0.0500. The minimum absolute atomic E-state index is 0.156. The van der Waals surface area contributed by atoms with Gasteiger partial charge in [0.05, 0.1) is 24.8 Å². The number of aliphatic hydroxyl groups excluding tert-OH is 3. The van der Waals surface area contributed by atoms with Gasteiger partial charge in [-0.2, -0.15) is 0 Å². The van der Waals surface area contributed by atoms with Crippen LogP contribution in [0, 0.1) is 5.41 Å². The largest absolute Gasteiger partial charge is 0.431 e. The summed E-state index contributed by atoms with van der Waals surface area (Å²) in [6, 6.07) is 5.12. The van der Waals surface area contributed by atoms with E-state index < -0.39 is 12.1 Å². The highest BCUT2D eigenvalue weighted by Gasteiger charge is 2.25. The van der Waals surface area contributed by atoms with Gasteiger partial charge in [0.15, 0.2) is 0 Å². The molecule has 0 spiro atoms. The maximum atomic E-state index is 8.66. The summed E-state index contributed by atoms with van der Waals surface area (Å²) in [5, 5.41) is 30.0. The smallest absolute Gasteiger partial charge is 0.312 e. The summed E-state index contributed by atoms with van der Waals surface area (Å²) in [6.07, 6.45) is 0.594. The molecule has 152 valence electrons. The Bertz CT molecular complexity index is 570. The Morgan fingerprint density at radius 2 is 1.73 bits per heavy atom. The van der Waals surface area contributed by atoms with Crippen molar-refractivity contribution in [2.24, 2.45) is 5.41 Å². The molecule has 0 aliphatic rings. The van der Waals surface area contributed by atoms with Gasteiger partial charge in [-0.25, -0.2) is 5.09 Å². The summed E-state index contributed by atoms with van der Waals surface area (Å²) in [6.45, 7) is 2.72. The molecule has 0 fully saturated rings. The number of benzene rings is 1. The van der Waals surface area contributed by atoms with Crippen LogP contribution >= 0.6 is 29.8 Å². The fraction of sp³-hybridized carbons (Fsp3) is 0.625. The summed E-state index contributed by atoms with van der Waals surface area (Å²) in [5.74, 6) is 0.467. The van der Waals surface area contributed by atoms with E-state index in [1.165, 1.54) is 7.11 Å². The zero-order chi connectivity index (χ0) is 20.4. The van der Waals surface area contributed by atoms with Gasteiger partial charge in [-0.1, -0.05) is 30.1 Å². The van der Waals surface area contributed by atoms with Crippen molar-refractivity contribution in [3.63, 3.8) is 0 Å². The van der Waals surface area contributed by atoms with Crippen LogP contribution < -0.4 is 9.61 Å². The van der Waals surface area contributed by atoms with Gasteiger partial charge in [0, 0.05) is 23.6 Å². The first kappa shape index (κ1) is 26.1.